The summed E-state index contributed by atoms with van der Waals surface area (Å²) in [6.45, 7) is 4.70. The fraction of sp³-hybridized carbons (Fsp3) is 0.667. The van der Waals surface area contributed by atoms with Crippen LogP contribution in [0.5, 0.6) is 0 Å². The molecule has 0 aliphatic carbocycles. The smallest absolute Gasteiger partial charge is 0.122 e. The van der Waals surface area contributed by atoms with Crippen molar-refractivity contribution in [3.05, 3.63) is 23.7 Å². The van der Waals surface area contributed by atoms with E-state index in [2.05, 4.69) is 12.2 Å². The Morgan fingerprint density at radius 1 is 1.50 bits per heavy atom. The van der Waals surface area contributed by atoms with Gasteiger partial charge in [-0.15, -0.1) is 0 Å². The zero-order valence-electron chi connectivity index (χ0n) is 10.1. The van der Waals surface area contributed by atoms with Crippen LogP contribution in [-0.2, 0) is 0 Å². The lowest BCUT2D eigenvalue weighted by atomic mass is 10.1. The van der Waals surface area contributed by atoms with Gasteiger partial charge in [0.15, 0.2) is 0 Å². The topological polar surface area (TPSA) is 71.4 Å². The largest absolute Gasteiger partial charge is 0.465 e. The summed E-state index contributed by atoms with van der Waals surface area (Å²) in [5.41, 5.74) is 5.73. The van der Waals surface area contributed by atoms with Crippen LogP contribution < -0.4 is 11.1 Å². The van der Waals surface area contributed by atoms with Gasteiger partial charge >= 0.3 is 0 Å². The molecule has 1 aromatic heterocycles. The highest BCUT2D eigenvalue weighted by Crippen LogP contribution is 2.16. The monoisotopic (exact) mass is 226 g/mol. The number of aliphatic hydroxyl groups excluding tert-OH is 1. The molecule has 4 heteroatoms. The molecule has 0 fully saturated rings. The molecule has 4 N–H and O–H groups in total. The van der Waals surface area contributed by atoms with Crippen molar-refractivity contribution in [2.45, 2.75) is 38.8 Å². The Bertz CT molecular complexity index is 299. The van der Waals surface area contributed by atoms with Gasteiger partial charge in [0.2, 0.25) is 0 Å². The van der Waals surface area contributed by atoms with Crippen LogP contribution in [-0.4, -0.2) is 24.3 Å². The van der Waals surface area contributed by atoms with Crippen LogP contribution in [0.25, 0.3) is 0 Å². The van der Waals surface area contributed by atoms with Crippen LogP contribution in [0, 0.1) is 6.92 Å². The minimum atomic E-state index is 0.0326. The first kappa shape index (κ1) is 13.2. The van der Waals surface area contributed by atoms with E-state index in [1.807, 2.05) is 19.1 Å². The van der Waals surface area contributed by atoms with Gasteiger partial charge in [-0.05, 0) is 31.9 Å². The molecule has 2 atom stereocenters. The Kier molecular flexibility index (Phi) is 5.52. The van der Waals surface area contributed by atoms with Gasteiger partial charge in [0, 0.05) is 19.2 Å². The fourth-order valence-electron chi connectivity index (χ4n) is 1.75. The van der Waals surface area contributed by atoms with Gasteiger partial charge in [0.05, 0.1) is 6.04 Å². The SMILES string of the molecule is CCC(CCO)NC(CN)c1ccc(C)o1. The van der Waals surface area contributed by atoms with Crippen LogP contribution in [0.3, 0.4) is 0 Å². The Morgan fingerprint density at radius 2 is 2.25 bits per heavy atom. The lowest BCUT2D eigenvalue weighted by Gasteiger charge is -2.22. The van der Waals surface area contributed by atoms with Crippen LogP contribution in [0.1, 0.15) is 37.3 Å². The van der Waals surface area contributed by atoms with Gasteiger partial charge in [0.1, 0.15) is 11.5 Å². The molecular weight excluding hydrogens is 204 g/mol. The summed E-state index contributed by atoms with van der Waals surface area (Å²) in [6.07, 6.45) is 1.71. The first-order chi connectivity index (χ1) is 7.71. The molecule has 0 bridgehead atoms. The maximum Gasteiger partial charge on any atom is 0.122 e. The third kappa shape index (κ3) is 3.63. The molecule has 0 amide bonds. The summed E-state index contributed by atoms with van der Waals surface area (Å²) in [4.78, 5) is 0. The minimum Gasteiger partial charge on any atom is -0.465 e. The zero-order valence-corrected chi connectivity index (χ0v) is 10.1. The summed E-state index contributed by atoms with van der Waals surface area (Å²) in [5.74, 6) is 1.77. The lowest BCUT2D eigenvalue weighted by Crippen LogP contribution is -2.36. The van der Waals surface area contributed by atoms with E-state index in [1.165, 1.54) is 0 Å². The number of aryl methyl sites for hydroxylation is 1. The zero-order chi connectivity index (χ0) is 12.0. The van der Waals surface area contributed by atoms with Gasteiger partial charge in [-0.2, -0.15) is 0 Å². The average Bonchev–Trinajstić information content (AvgIpc) is 2.71. The van der Waals surface area contributed by atoms with Gasteiger partial charge in [-0.1, -0.05) is 6.92 Å². The lowest BCUT2D eigenvalue weighted by molar-refractivity contribution is 0.251. The normalized spacial score (nSPS) is 15.0. The maximum absolute atomic E-state index is 8.93. The molecular formula is C12H22N2O2. The highest BCUT2D eigenvalue weighted by atomic mass is 16.3. The Balaban J connectivity index is 2.60. The van der Waals surface area contributed by atoms with Crippen LogP contribution in [0.15, 0.2) is 16.5 Å². The molecule has 0 saturated heterocycles. The molecule has 1 rings (SSSR count). The summed E-state index contributed by atoms with van der Waals surface area (Å²) in [6, 6.07) is 4.20. The summed E-state index contributed by atoms with van der Waals surface area (Å²) in [5, 5.41) is 12.3. The quantitative estimate of drug-likeness (QED) is 0.656. The first-order valence-corrected chi connectivity index (χ1v) is 5.84. The Labute approximate surface area is 96.8 Å². The van der Waals surface area contributed by atoms with Crippen LogP contribution in [0.4, 0.5) is 0 Å². The molecule has 2 unspecified atom stereocenters. The third-order valence-electron chi connectivity index (χ3n) is 2.75. The number of nitrogens with two attached hydrogens (primary N) is 1. The third-order valence-corrected chi connectivity index (χ3v) is 2.75. The standard InChI is InChI=1S/C12H22N2O2/c1-3-10(6-7-15)14-11(8-13)12-5-4-9(2)16-12/h4-5,10-11,14-15H,3,6-8,13H2,1-2H3. The molecule has 0 radical (unpaired) electrons. The molecule has 92 valence electrons. The van der Waals surface area contributed by atoms with Crippen molar-refractivity contribution in [3.63, 3.8) is 0 Å². The van der Waals surface area contributed by atoms with Crippen molar-refractivity contribution < 1.29 is 9.52 Å². The summed E-state index contributed by atoms with van der Waals surface area (Å²) >= 11 is 0. The second kappa shape index (κ2) is 6.68. The van der Waals surface area contributed by atoms with E-state index in [0.717, 1.165) is 24.4 Å². The van der Waals surface area contributed by atoms with E-state index < -0.39 is 0 Å². The number of furan rings is 1. The number of hydrogen-bond acceptors (Lipinski definition) is 4. The van der Waals surface area contributed by atoms with Crippen molar-refractivity contribution >= 4 is 0 Å². The molecule has 0 aliphatic heterocycles. The van der Waals surface area contributed by atoms with Crippen molar-refractivity contribution in [2.75, 3.05) is 13.2 Å². The molecule has 16 heavy (non-hydrogen) atoms. The Morgan fingerprint density at radius 3 is 2.69 bits per heavy atom. The number of rotatable bonds is 7. The molecule has 0 aliphatic rings. The van der Waals surface area contributed by atoms with Gasteiger partial charge < -0.3 is 20.6 Å². The maximum atomic E-state index is 8.93. The second-order valence-electron chi connectivity index (χ2n) is 4.02. The molecule has 1 aromatic rings. The molecule has 0 aromatic carbocycles. The van der Waals surface area contributed by atoms with Crippen molar-refractivity contribution in [1.29, 1.82) is 0 Å². The molecule has 0 spiro atoms. The minimum absolute atomic E-state index is 0.0326. The van der Waals surface area contributed by atoms with E-state index in [0.29, 0.717) is 6.54 Å². The average molecular weight is 226 g/mol. The van der Waals surface area contributed by atoms with Gasteiger partial charge in [-0.3, -0.25) is 0 Å². The number of hydrogen-bond donors (Lipinski definition) is 3. The van der Waals surface area contributed by atoms with E-state index in [1.54, 1.807) is 0 Å². The van der Waals surface area contributed by atoms with Gasteiger partial charge in [-0.25, -0.2) is 0 Å². The van der Waals surface area contributed by atoms with E-state index in [-0.39, 0.29) is 18.7 Å². The van der Waals surface area contributed by atoms with E-state index >= 15 is 0 Å². The fourth-order valence-corrected chi connectivity index (χ4v) is 1.75. The van der Waals surface area contributed by atoms with Crippen molar-refractivity contribution in [3.8, 4) is 0 Å². The number of aliphatic hydroxyl groups is 1. The predicted octanol–water partition coefficient (Wildman–Crippen LogP) is 1.34. The van der Waals surface area contributed by atoms with E-state index in [4.69, 9.17) is 15.3 Å². The van der Waals surface area contributed by atoms with Crippen molar-refractivity contribution in [1.82, 2.24) is 5.32 Å². The first-order valence-electron chi connectivity index (χ1n) is 5.84. The predicted molar refractivity (Wildman–Crippen MR) is 64.2 cm³/mol. The highest BCUT2D eigenvalue weighted by Gasteiger charge is 2.16. The molecule has 4 nitrogen and oxygen atoms in total. The highest BCUT2D eigenvalue weighted by molar-refractivity contribution is 5.10. The second-order valence-corrected chi connectivity index (χ2v) is 4.02. The summed E-state index contributed by atoms with van der Waals surface area (Å²) in [7, 11) is 0. The van der Waals surface area contributed by atoms with Crippen LogP contribution in [0.2, 0.25) is 0 Å². The Hall–Kier alpha value is -0.840. The number of nitrogens with one attached hydrogen (secondary N) is 1. The van der Waals surface area contributed by atoms with Gasteiger partial charge in [0.25, 0.3) is 0 Å². The molecule has 1 heterocycles. The van der Waals surface area contributed by atoms with Crippen LogP contribution >= 0.6 is 0 Å². The van der Waals surface area contributed by atoms with E-state index in [9.17, 15) is 0 Å². The summed E-state index contributed by atoms with van der Waals surface area (Å²) < 4.78 is 5.56. The van der Waals surface area contributed by atoms with Crippen molar-refractivity contribution in [2.24, 2.45) is 5.73 Å². The molecule has 0 saturated carbocycles.